The molecule has 3 heteroatoms. The van der Waals surface area contributed by atoms with E-state index >= 15 is 0 Å². The van der Waals surface area contributed by atoms with E-state index in [0.29, 0.717) is 17.3 Å². The van der Waals surface area contributed by atoms with Gasteiger partial charge in [-0.05, 0) is 42.9 Å². The topological polar surface area (TPSA) is 31.4 Å². The molecular formula is C20H27NO2. The summed E-state index contributed by atoms with van der Waals surface area (Å²) in [6.45, 7) is 10.1. The highest BCUT2D eigenvalue weighted by Gasteiger charge is 2.63. The summed E-state index contributed by atoms with van der Waals surface area (Å²) in [4.78, 5) is 4.62. The first-order chi connectivity index (χ1) is 11.2. The molecule has 3 nitrogen and oxygen atoms in total. The third-order valence-corrected chi connectivity index (χ3v) is 5.58. The van der Waals surface area contributed by atoms with E-state index in [0.717, 1.165) is 42.0 Å². The van der Waals surface area contributed by atoms with Crippen molar-refractivity contribution in [1.82, 2.24) is 4.98 Å². The van der Waals surface area contributed by atoms with E-state index in [-0.39, 0.29) is 0 Å². The van der Waals surface area contributed by atoms with Gasteiger partial charge in [-0.1, -0.05) is 26.8 Å². The molecule has 0 N–H and O–H groups in total. The number of pyridine rings is 1. The molecule has 2 heterocycles. The molecule has 1 aromatic heterocycles. The van der Waals surface area contributed by atoms with Crippen molar-refractivity contribution in [3.05, 3.63) is 35.5 Å². The molecule has 2 aromatic rings. The zero-order chi connectivity index (χ0) is 16.6. The molecule has 2 aliphatic rings. The van der Waals surface area contributed by atoms with Crippen LogP contribution in [-0.2, 0) is 10.2 Å². The first-order valence-electron chi connectivity index (χ1n) is 8.70. The van der Waals surface area contributed by atoms with Crippen LogP contribution in [0.1, 0.15) is 38.4 Å². The van der Waals surface area contributed by atoms with Gasteiger partial charge in [-0.2, -0.15) is 0 Å². The Morgan fingerprint density at radius 3 is 2.74 bits per heavy atom. The molecule has 0 radical (unpaired) electrons. The third-order valence-electron chi connectivity index (χ3n) is 5.58. The summed E-state index contributed by atoms with van der Waals surface area (Å²) in [6.07, 6.45) is 1.13. The fourth-order valence-corrected chi connectivity index (χ4v) is 4.28. The van der Waals surface area contributed by atoms with Gasteiger partial charge in [0.2, 0.25) is 0 Å². The highest BCUT2D eigenvalue weighted by Crippen LogP contribution is 2.63. The summed E-state index contributed by atoms with van der Waals surface area (Å²) >= 11 is 0. The van der Waals surface area contributed by atoms with Gasteiger partial charge in [0.1, 0.15) is 5.75 Å². The minimum absolute atomic E-state index is 0.322. The lowest BCUT2D eigenvalue weighted by atomic mass is 9.87. The molecule has 1 saturated carbocycles. The van der Waals surface area contributed by atoms with Gasteiger partial charge < -0.3 is 9.47 Å². The molecule has 1 aliphatic carbocycles. The largest absolute Gasteiger partial charge is 0.496 e. The molecular weight excluding hydrogens is 286 g/mol. The second-order valence-corrected chi connectivity index (χ2v) is 6.46. The predicted octanol–water partition coefficient (Wildman–Crippen LogP) is 4.50. The Balaban J connectivity index is 0.000000753. The number of hydrogen-bond acceptors (Lipinski definition) is 3. The average molecular weight is 313 g/mol. The number of hydrogen-bond donors (Lipinski definition) is 0. The van der Waals surface area contributed by atoms with Crippen LogP contribution in [0.4, 0.5) is 0 Å². The fraction of sp³-hybridized carbons (Fsp3) is 0.550. The van der Waals surface area contributed by atoms with Crippen LogP contribution in [0.5, 0.6) is 5.75 Å². The van der Waals surface area contributed by atoms with Gasteiger partial charge >= 0.3 is 0 Å². The summed E-state index contributed by atoms with van der Waals surface area (Å²) in [5.41, 5.74) is 3.76. The normalized spacial score (nSPS) is 28.6. The Kier molecular flexibility index (Phi) is 4.33. The lowest BCUT2D eigenvalue weighted by Crippen LogP contribution is -2.21. The Labute approximate surface area is 139 Å². The average Bonchev–Trinajstić information content (AvgIpc) is 3.22. The molecule has 3 atom stereocenters. The van der Waals surface area contributed by atoms with Crippen molar-refractivity contribution in [3.63, 3.8) is 0 Å². The molecule has 4 rings (SSSR count). The zero-order valence-corrected chi connectivity index (χ0v) is 14.8. The van der Waals surface area contributed by atoms with Gasteiger partial charge in [0.05, 0.1) is 19.2 Å². The molecule has 124 valence electrons. The molecule has 0 spiro atoms. The number of rotatable bonds is 2. The standard InChI is InChI=1S/C18H21NO2.C2H6/c1-11-8-17(20-3)14-9-13(4-5-16(14)19-11)18-6-7-21-10-15(18)12(18)2;1-2/h4-5,8-9,12,15H,6-7,10H2,1-3H3;1-2H3. The molecule has 1 saturated heterocycles. The number of nitrogens with zero attached hydrogens (tertiary/aromatic N) is 1. The predicted molar refractivity (Wildman–Crippen MR) is 94.1 cm³/mol. The Morgan fingerprint density at radius 1 is 1.26 bits per heavy atom. The Bertz CT molecular complexity index is 712. The van der Waals surface area contributed by atoms with E-state index in [1.807, 2.05) is 26.8 Å². The SMILES string of the molecule is CC.COc1cc(C)nc2ccc(C34CCOCC3C4C)cc12. The number of aryl methyl sites for hydroxylation is 1. The van der Waals surface area contributed by atoms with Crippen molar-refractivity contribution in [2.24, 2.45) is 11.8 Å². The molecule has 1 aliphatic heterocycles. The Hall–Kier alpha value is -1.61. The monoisotopic (exact) mass is 313 g/mol. The lowest BCUT2D eigenvalue weighted by molar-refractivity contribution is 0.0801. The highest BCUT2D eigenvalue weighted by atomic mass is 16.5. The van der Waals surface area contributed by atoms with E-state index in [2.05, 4.69) is 30.1 Å². The fourth-order valence-electron chi connectivity index (χ4n) is 4.28. The second kappa shape index (κ2) is 6.12. The van der Waals surface area contributed by atoms with Crippen molar-refractivity contribution < 1.29 is 9.47 Å². The van der Waals surface area contributed by atoms with Gasteiger partial charge in [-0.3, -0.25) is 4.98 Å². The molecule has 23 heavy (non-hydrogen) atoms. The first kappa shape index (κ1) is 16.3. The van der Waals surface area contributed by atoms with E-state index in [1.165, 1.54) is 5.56 Å². The van der Waals surface area contributed by atoms with E-state index in [9.17, 15) is 0 Å². The number of benzene rings is 1. The number of fused-ring (bicyclic) bond motifs is 2. The number of methoxy groups -OCH3 is 1. The number of aromatic nitrogens is 1. The van der Waals surface area contributed by atoms with Gasteiger partial charge in [0, 0.05) is 29.2 Å². The van der Waals surface area contributed by atoms with E-state index in [4.69, 9.17) is 9.47 Å². The highest BCUT2D eigenvalue weighted by molar-refractivity contribution is 5.86. The molecule has 2 fully saturated rings. The van der Waals surface area contributed by atoms with Gasteiger partial charge in [-0.25, -0.2) is 0 Å². The van der Waals surface area contributed by atoms with Crippen LogP contribution in [0.25, 0.3) is 10.9 Å². The summed E-state index contributed by atoms with van der Waals surface area (Å²) < 4.78 is 11.2. The van der Waals surface area contributed by atoms with E-state index < -0.39 is 0 Å². The van der Waals surface area contributed by atoms with Crippen molar-refractivity contribution in [2.75, 3.05) is 20.3 Å². The quantitative estimate of drug-likeness (QED) is 0.818. The van der Waals surface area contributed by atoms with Crippen molar-refractivity contribution in [1.29, 1.82) is 0 Å². The maximum Gasteiger partial charge on any atom is 0.130 e. The molecule has 3 unspecified atom stereocenters. The van der Waals surface area contributed by atoms with Crippen LogP contribution in [0.15, 0.2) is 24.3 Å². The van der Waals surface area contributed by atoms with Crippen LogP contribution >= 0.6 is 0 Å². The van der Waals surface area contributed by atoms with Crippen LogP contribution < -0.4 is 4.74 Å². The minimum Gasteiger partial charge on any atom is -0.496 e. The number of ether oxygens (including phenoxy) is 2. The molecule has 0 bridgehead atoms. The summed E-state index contributed by atoms with van der Waals surface area (Å²) in [6, 6.07) is 8.71. The van der Waals surface area contributed by atoms with Crippen molar-refractivity contribution in [2.45, 2.75) is 39.5 Å². The first-order valence-corrected chi connectivity index (χ1v) is 8.70. The molecule has 1 aromatic carbocycles. The third kappa shape index (κ3) is 2.42. The smallest absolute Gasteiger partial charge is 0.130 e. The molecule has 0 amide bonds. The van der Waals surface area contributed by atoms with Crippen LogP contribution in [-0.4, -0.2) is 25.3 Å². The lowest BCUT2D eigenvalue weighted by Gasteiger charge is -2.23. The Morgan fingerprint density at radius 2 is 2.04 bits per heavy atom. The van der Waals surface area contributed by atoms with Crippen molar-refractivity contribution in [3.8, 4) is 5.75 Å². The minimum atomic E-state index is 0.322. The summed E-state index contributed by atoms with van der Waals surface area (Å²) in [5.74, 6) is 2.31. The summed E-state index contributed by atoms with van der Waals surface area (Å²) in [7, 11) is 1.73. The van der Waals surface area contributed by atoms with Crippen LogP contribution in [0.3, 0.4) is 0 Å². The van der Waals surface area contributed by atoms with Crippen LogP contribution in [0.2, 0.25) is 0 Å². The van der Waals surface area contributed by atoms with Gasteiger partial charge in [0.15, 0.2) is 0 Å². The maximum atomic E-state index is 5.65. The van der Waals surface area contributed by atoms with Gasteiger partial charge in [-0.15, -0.1) is 0 Å². The summed E-state index contributed by atoms with van der Waals surface area (Å²) in [5, 5.41) is 1.12. The van der Waals surface area contributed by atoms with Gasteiger partial charge in [0.25, 0.3) is 0 Å². The van der Waals surface area contributed by atoms with E-state index in [1.54, 1.807) is 7.11 Å². The second-order valence-electron chi connectivity index (χ2n) is 6.46. The van der Waals surface area contributed by atoms with Crippen LogP contribution in [0, 0.1) is 18.8 Å². The van der Waals surface area contributed by atoms with Crippen molar-refractivity contribution >= 4 is 10.9 Å². The zero-order valence-electron chi connectivity index (χ0n) is 14.8. The maximum absolute atomic E-state index is 5.65.